The average molecular weight is 372 g/mol. The number of aromatic nitrogens is 1. The van der Waals surface area contributed by atoms with Gasteiger partial charge in [-0.1, -0.05) is 0 Å². The molecule has 2 rings (SSSR count). The zero-order valence-electron chi connectivity index (χ0n) is 15.5. The van der Waals surface area contributed by atoms with E-state index in [1.54, 1.807) is 25.3 Å². The Hall–Kier alpha value is -2.67. The summed E-state index contributed by atoms with van der Waals surface area (Å²) in [5.74, 6) is -0.310. The van der Waals surface area contributed by atoms with Crippen LogP contribution in [0.1, 0.15) is 41.2 Å². The van der Waals surface area contributed by atoms with Crippen LogP contribution in [-0.2, 0) is 4.74 Å². The van der Waals surface area contributed by atoms with Gasteiger partial charge in [-0.15, -0.1) is 0 Å². The molecule has 2 N–H and O–H groups in total. The largest absolute Gasteiger partial charge is 0.462 e. The second-order valence-electron chi connectivity index (χ2n) is 5.66. The zero-order valence-corrected chi connectivity index (χ0v) is 16.3. The van der Waals surface area contributed by atoms with E-state index in [1.165, 1.54) is 0 Å². The number of aryl methyl sites for hydroxylation is 1. The number of hydrogen-bond donors (Lipinski definition) is 2. The highest BCUT2D eigenvalue weighted by Crippen LogP contribution is 2.20. The van der Waals surface area contributed by atoms with E-state index in [-0.39, 0.29) is 5.97 Å². The predicted molar refractivity (Wildman–Crippen MR) is 108 cm³/mol. The summed E-state index contributed by atoms with van der Waals surface area (Å²) >= 11 is 5.08. The zero-order chi connectivity index (χ0) is 19.1. The van der Waals surface area contributed by atoms with Crippen molar-refractivity contribution < 1.29 is 9.53 Å². The van der Waals surface area contributed by atoms with Gasteiger partial charge in [0.1, 0.15) is 0 Å². The average Bonchev–Trinajstić information content (AvgIpc) is 2.89. The van der Waals surface area contributed by atoms with E-state index >= 15 is 0 Å². The van der Waals surface area contributed by atoms with Crippen molar-refractivity contribution in [2.45, 2.75) is 27.7 Å². The van der Waals surface area contributed by atoms with E-state index in [9.17, 15) is 4.79 Å². The van der Waals surface area contributed by atoms with Crippen LogP contribution in [0.3, 0.4) is 0 Å². The number of hydrogen-bond acceptors (Lipinski definition) is 4. The summed E-state index contributed by atoms with van der Waals surface area (Å²) in [6.45, 7) is 8.93. The lowest BCUT2D eigenvalue weighted by Crippen LogP contribution is -2.31. The quantitative estimate of drug-likeness (QED) is 0.353. The molecule has 1 heterocycles. The van der Waals surface area contributed by atoms with Crippen LogP contribution in [0.25, 0.3) is 5.69 Å². The molecule has 7 heteroatoms. The Labute approximate surface area is 159 Å². The van der Waals surface area contributed by atoms with Crippen LogP contribution >= 0.6 is 12.2 Å². The summed E-state index contributed by atoms with van der Waals surface area (Å²) in [5.41, 5.74) is 7.42. The van der Waals surface area contributed by atoms with E-state index in [4.69, 9.17) is 17.0 Å². The lowest BCUT2D eigenvalue weighted by Gasteiger charge is -2.10. The molecule has 0 radical (unpaired) electrons. The first-order valence-corrected chi connectivity index (χ1v) is 8.92. The van der Waals surface area contributed by atoms with Gasteiger partial charge < -0.3 is 14.6 Å². The molecule has 26 heavy (non-hydrogen) atoms. The van der Waals surface area contributed by atoms with Crippen LogP contribution in [0.2, 0.25) is 0 Å². The summed E-state index contributed by atoms with van der Waals surface area (Å²) in [5, 5.41) is 7.64. The molecule has 0 saturated carbocycles. The van der Waals surface area contributed by atoms with Crippen LogP contribution in [0, 0.1) is 13.8 Å². The maximum Gasteiger partial charge on any atom is 0.338 e. The lowest BCUT2D eigenvalue weighted by molar-refractivity contribution is 0.0526. The van der Waals surface area contributed by atoms with Crippen molar-refractivity contribution in [2.75, 3.05) is 13.2 Å². The van der Waals surface area contributed by atoms with Gasteiger partial charge in [-0.3, -0.25) is 5.43 Å². The Kier molecular flexibility index (Phi) is 6.91. The molecule has 0 aliphatic rings. The molecule has 0 unspecified atom stereocenters. The molecule has 1 aromatic heterocycles. The van der Waals surface area contributed by atoms with Crippen LogP contribution in [0.5, 0.6) is 0 Å². The number of esters is 1. The number of thiocarbonyl (C=S) groups is 1. The SMILES string of the molecule is CCNC(=S)NN=Cc1cc(C)n(-c2ccc(C(=O)OCC)cc2)c1C. The van der Waals surface area contributed by atoms with Gasteiger partial charge in [-0.2, -0.15) is 5.10 Å². The number of carbonyl (C=O) groups is 1. The summed E-state index contributed by atoms with van der Waals surface area (Å²) < 4.78 is 7.13. The standard InChI is InChI=1S/C19H24N4O2S/c1-5-20-19(26)22-21-12-16-11-13(3)23(14(16)4)17-9-7-15(8-10-17)18(24)25-6-2/h7-12H,5-6H2,1-4H3,(H2,20,22,26). The number of ether oxygens (including phenoxy) is 1. The first kappa shape index (κ1) is 19.7. The highest BCUT2D eigenvalue weighted by Gasteiger charge is 2.11. The van der Waals surface area contributed by atoms with Crippen molar-refractivity contribution in [1.82, 2.24) is 15.3 Å². The molecule has 0 aliphatic heterocycles. The second-order valence-corrected chi connectivity index (χ2v) is 6.07. The van der Waals surface area contributed by atoms with Crippen molar-refractivity contribution in [2.24, 2.45) is 5.10 Å². The molecule has 0 bridgehead atoms. The van der Waals surface area contributed by atoms with Crippen molar-refractivity contribution >= 4 is 29.5 Å². The van der Waals surface area contributed by atoms with Gasteiger partial charge in [0, 0.05) is 29.2 Å². The third-order valence-corrected chi connectivity index (χ3v) is 4.05. The predicted octanol–water partition coefficient (Wildman–Crippen LogP) is 3.09. The van der Waals surface area contributed by atoms with Gasteiger partial charge in [0.2, 0.25) is 0 Å². The highest BCUT2D eigenvalue weighted by molar-refractivity contribution is 7.80. The minimum Gasteiger partial charge on any atom is -0.462 e. The molecule has 0 saturated heterocycles. The number of nitrogens with zero attached hydrogens (tertiary/aromatic N) is 2. The van der Waals surface area contributed by atoms with Crippen LogP contribution in [0.15, 0.2) is 35.4 Å². The van der Waals surface area contributed by atoms with E-state index in [1.807, 2.05) is 32.9 Å². The van der Waals surface area contributed by atoms with E-state index in [0.717, 1.165) is 29.2 Å². The van der Waals surface area contributed by atoms with E-state index in [0.29, 0.717) is 17.3 Å². The molecule has 1 aromatic carbocycles. The molecular formula is C19H24N4O2S. The maximum absolute atomic E-state index is 11.8. The Bertz CT molecular complexity index is 810. The third-order valence-electron chi connectivity index (χ3n) is 3.81. The Balaban J connectivity index is 2.20. The monoisotopic (exact) mass is 372 g/mol. The summed E-state index contributed by atoms with van der Waals surface area (Å²) in [6, 6.07) is 9.42. The lowest BCUT2D eigenvalue weighted by atomic mass is 10.2. The van der Waals surface area contributed by atoms with Crippen molar-refractivity contribution in [3.8, 4) is 5.69 Å². The first-order chi connectivity index (χ1) is 12.5. The molecule has 2 aromatic rings. The van der Waals surface area contributed by atoms with Crippen LogP contribution < -0.4 is 10.7 Å². The summed E-state index contributed by atoms with van der Waals surface area (Å²) in [6.07, 6.45) is 1.75. The summed E-state index contributed by atoms with van der Waals surface area (Å²) in [7, 11) is 0. The molecule has 0 fully saturated rings. The fourth-order valence-corrected chi connectivity index (χ4v) is 2.83. The fraction of sp³-hybridized carbons (Fsp3) is 0.316. The van der Waals surface area contributed by atoms with Crippen LogP contribution in [-0.4, -0.2) is 35.0 Å². The molecule has 0 spiro atoms. The van der Waals surface area contributed by atoms with Crippen molar-refractivity contribution in [3.63, 3.8) is 0 Å². The molecular weight excluding hydrogens is 348 g/mol. The van der Waals surface area contributed by atoms with Gasteiger partial charge in [-0.25, -0.2) is 4.79 Å². The van der Waals surface area contributed by atoms with E-state index in [2.05, 4.69) is 26.5 Å². The number of hydrazone groups is 1. The van der Waals surface area contributed by atoms with E-state index < -0.39 is 0 Å². The minimum atomic E-state index is -0.310. The number of benzene rings is 1. The highest BCUT2D eigenvalue weighted by atomic mass is 32.1. The summed E-state index contributed by atoms with van der Waals surface area (Å²) in [4.78, 5) is 11.8. The Morgan fingerprint density at radius 3 is 2.58 bits per heavy atom. The molecule has 0 atom stereocenters. The normalized spacial score (nSPS) is 10.8. The molecule has 6 nitrogen and oxygen atoms in total. The van der Waals surface area contributed by atoms with Crippen molar-refractivity contribution in [1.29, 1.82) is 0 Å². The first-order valence-electron chi connectivity index (χ1n) is 8.51. The third kappa shape index (κ3) is 4.70. The topological polar surface area (TPSA) is 67.7 Å². The Morgan fingerprint density at radius 1 is 1.27 bits per heavy atom. The van der Waals surface area contributed by atoms with Gasteiger partial charge in [-0.05, 0) is 70.2 Å². The van der Waals surface area contributed by atoms with Gasteiger partial charge in [0.05, 0.1) is 18.4 Å². The Morgan fingerprint density at radius 2 is 1.96 bits per heavy atom. The smallest absolute Gasteiger partial charge is 0.338 e. The molecule has 0 aliphatic carbocycles. The minimum absolute atomic E-state index is 0.310. The second kappa shape index (κ2) is 9.15. The maximum atomic E-state index is 11.8. The molecule has 0 amide bonds. The van der Waals surface area contributed by atoms with Crippen LogP contribution in [0.4, 0.5) is 0 Å². The number of rotatable bonds is 6. The van der Waals surface area contributed by atoms with Gasteiger partial charge >= 0.3 is 5.97 Å². The number of nitrogens with one attached hydrogen (secondary N) is 2. The van der Waals surface area contributed by atoms with Gasteiger partial charge in [0.15, 0.2) is 5.11 Å². The number of carbonyl (C=O) groups excluding carboxylic acids is 1. The molecule has 138 valence electrons. The fourth-order valence-electron chi connectivity index (χ4n) is 2.64. The van der Waals surface area contributed by atoms with Crippen molar-refractivity contribution in [3.05, 3.63) is 52.8 Å². The van der Waals surface area contributed by atoms with Gasteiger partial charge in [0.25, 0.3) is 0 Å².